The van der Waals surface area contributed by atoms with Gasteiger partial charge in [0.25, 0.3) is 0 Å². The molecule has 0 aromatic rings. The third kappa shape index (κ3) is 1390. The molecule has 0 rings (SSSR count). The molecule has 20 nitrogen and oxygen atoms in total. The largest absolute Gasteiger partial charge is 2.00 e. The van der Waals surface area contributed by atoms with Gasteiger partial charge in [0, 0.05) is 0 Å². The summed E-state index contributed by atoms with van der Waals surface area (Å²) in [4.78, 5) is 128. The van der Waals surface area contributed by atoms with Crippen LogP contribution in [0.25, 0.3) is 0 Å². The maximum Gasteiger partial charge on any atom is 2.00 e. The number of phosphoric acid groups is 5. The molecule has 0 saturated carbocycles. The van der Waals surface area contributed by atoms with Gasteiger partial charge in [-0.3, -0.25) is 0 Å². The maximum atomic E-state index is 8.55. The molecule has 0 radical (unpaired) electrons. The van der Waals surface area contributed by atoms with Crippen LogP contribution >= 0.6 is 39.1 Å². The first-order valence-electron chi connectivity index (χ1n) is 3.65. The van der Waals surface area contributed by atoms with Crippen LogP contribution in [0.5, 0.6) is 0 Å². The minimum absolute atomic E-state index is 0. The normalized spacial score (nSPS) is 10.5. The molecule has 0 heterocycles. The predicted molar refractivity (Wildman–Crippen MR) is 65.3 cm³/mol. The molecule has 28 heavy (non-hydrogen) atoms. The zero-order chi connectivity index (χ0) is 22.5. The molecular formula is H9Ca3O20P5. The van der Waals surface area contributed by atoms with E-state index >= 15 is 0 Å². The van der Waals surface area contributed by atoms with E-state index in [9.17, 15) is 0 Å². The van der Waals surface area contributed by atoms with Crippen molar-refractivity contribution in [1.29, 1.82) is 0 Å². The quantitative estimate of drug-likeness (QED) is 0.183. The molecule has 0 spiro atoms. The third-order valence-corrected chi connectivity index (χ3v) is 0. The topological polar surface area (TPSA) is 431 Å². The van der Waals surface area contributed by atoms with Crippen molar-refractivity contribution >= 4 is 152 Å². The first-order chi connectivity index (χ1) is 10.0. The zero-order valence-corrected chi connectivity index (χ0v) is 23.6. The second-order valence-electron chi connectivity index (χ2n) is 2.24. The van der Waals surface area contributed by atoms with Crippen LogP contribution in [0.4, 0.5) is 0 Å². The predicted octanol–water partition coefficient (Wildman–Crippen LogP) is -14.3. The number of hydrogen-bond acceptors (Lipinski definition) is 20. The van der Waals surface area contributed by atoms with Crippen LogP contribution in [-0.4, -0.2) is 113 Å². The van der Waals surface area contributed by atoms with Gasteiger partial charge in [-0.05, 0) is 0 Å². The number of hydrogen-bond donors (Lipinski definition) is 0. The first-order valence-corrected chi connectivity index (χ1v) is 11.0. The van der Waals surface area contributed by atoms with Crippen LogP contribution < -0.4 is 73.4 Å². The fraction of sp³-hybridized carbons (Fsp3) is 0. The van der Waals surface area contributed by atoms with E-state index in [1.165, 1.54) is 0 Å². The molecule has 0 aliphatic carbocycles. The van der Waals surface area contributed by atoms with Crippen molar-refractivity contribution in [3.63, 3.8) is 0 Å². The summed E-state index contributed by atoms with van der Waals surface area (Å²) in [5.41, 5.74) is 0. The standard InChI is InChI=1S/3Ca.5H3O4P/c;;;5*1-5(2,3)4/h;;;5*(H3,1,2,3,4)/q3*+2;;;;;/p-6. The fourth-order valence-electron chi connectivity index (χ4n) is 0. The number of rotatable bonds is 0. The molecule has 0 unspecified atom stereocenters. The zero-order valence-electron chi connectivity index (χ0n) is 21.5. The molecule has 0 saturated heterocycles. The van der Waals surface area contributed by atoms with Crippen molar-refractivity contribution in [3.05, 3.63) is 0 Å². The van der Waals surface area contributed by atoms with Crippen molar-refractivity contribution < 1.29 is 109 Å². The monoisotopic (exact) mass is 604 g/mol. The first kappa shape index (κ1) is 53.6. The van der Waals surface area contributed by atoms with Crippen molar-refractivity contribution in [2.45, 2.75) is 0 Å². The summed E-state index contributed by atoms with van der Waals surface area (Å²) in [7, 11) is -26.9. The molecule has 0 atom stereocenters. The molecule has 0 bridgehead atoms. The third-order valence-electron chi connectivity index (χ3n) is 0. The van der Waals surface area contributed by atoms with Crippen molar-refractivity contribution in [2.24, 2.45) is 0 Å². The Morgan fingerprint density at radius 1 is 0.286 bits per heavy atom. The molecule has 160 valence electrons. The Morgan fingerprint density at radius 3 is 0.286 bits per heavy atom. The van der Waals surface area contributed by atoms with E-state index in [4.69, 9.17) is 96.2 Å². The Kier molecular flexibility index (Phi) is 46.8. The summed E-state index contributed by atoms with van der Waals surface area (Å²) in [6.45, 7) is 0. The van der Waals surface area contributed by atoms with Crippen LogP contribution in [0.2, 0.25) is 0 Å². The van der Waals surface area contributed by atoms with Gasteiger partial charge in [0.2, 0.25) is 0 Å². The van der Waals surface area contributed by atoms with Crippen LogP contribution in [0.1, 0.15) is 12.8 Å². The molecule has 28 heteroatoms. The second-order valence-corrected chi connectivity index (χ2v) is 6.71. The summed E-state index contributed by atoms with van der Waals surface area (Å²) in [5.74, 6) is 0. The Morgan fingerprint density at radius 2 is 0.286 bits per heavy atom. The average Bonchev–Trinajstić information content (AvgIpc) is 1.79. The minimum atomic E-state index is -5.39. The van der Waals surface area contributed by atoms with Crippen molar-refractivity contribution in [2.75, 3.05) is 0 Å². The summed E-state index contributed by atoms with van der Waals surface area (Å²) < 4.78 is 42.7. The van der Waals surface area contributed by atoms with Crippen LogP contribution in [-0.2, 0) is 22.8 Å². The van der Waals surface area contributed by atoms with Gasteiger partial charge in [0.1, 0.15) is 0 Å². The summed E-state index contributed by atoms with van der Waals surface area (Å²) in [5, 5.41) is 0. The maximum absolute atomic E-state index is 8.55. The molecule has 0 aliphatic rings. The van der Waals surface area contributed by atoms with Crippen molar-refractivity contribution in [1.82, 2.24) is 0 Å². The van der Waals surface area contributed by atoms with Gasteiger partial charge in [-0.2, -0.15) is 39.1 Å². The smallest absolute Gasteiger partial charge is 0.822 e. The molecule has 0 aromatic heterocycles. The average molecular weight is 604 g/mol. The molecule has 0 aliphatic heterocycles. The van der Waals surface area contributed by atoms with Gasteiger partial charge in [-0.15, -0.1) is 0 Å². The molecule has 0 aromatic carbocycles. The molecule has 0 N–H and O–H groups in total. The molecule has 0 fully saturated rings. The molecule has 0 amide bonds. The van der Waals surface area contributed by atoms with Crippen molar-refractivity contribution in [3.8, 4) is 0 Å². The van der Waals surface area contributed by atoms with E-state index in [-0.39, 0.29) is 126 Å². The van der Waals surface area contributed by atoms with Gasteiger partial charge in [-0.1, -0.05) is 0 Å². The van der Waals surface area contributed by atoms with E-state index < -0.39 is 39.1 Å². The van der Waals surface area contributed by atoms with E-state index in [2.05, 4.69) is 0 Å². The summed E-state index contributed by atoms with van der Waals surface area (Å²) in [6, 6.07) is 0. The Hall–Kier alpha value is 4.33. The van der Waals surface area contributed by atoms with E-state index in [1.807, 2.05) is 0 Å². The Labute approximate surface area is 258 Å². The van der Waals surface area contributed by atoms with Crippen LogP contribution in [0.15, 0.2) is 0 Å². The summed E-state index contributed by atoms with van der Waals surface area (Å²) >= 11 is 0. The van der Waals surface area contributed by atoms with Gasteiger partial charge < -0.3 is 96.2 Å². The van der Waals surface area contributed by atoms with Gasteiger partial charge in [0.05, 0.1) is 0 Å². The second kappa shape index (κ2) is 24.5. The Bertz CT molecular complexity index is 408. The van der Waals surface area contributed by atoms with Gasteiger partial charge >= 0.3 is 126 Å². The summed E-state index contributed by atoms with van der Waals surface area (Å²) in [6.07, 6.45) is 0. The fourth-order valence-corrected chi connectivity index (χ4v) is 0. The Balaban J connectivity index is -0.00000000833. The van der Waals surface area contributed by atoms with Crippen LogP contribution in [0.3, 0.4) is 0 Å². The minimum Gasteiger partial charge on any atom is -0.822 e. The van der Waals surface area contributed by atoms with E-state index in [0.717, 1.165) is 0 Å². The van der Waals surface area contributed by atoms with Crippen LogP contribution in [0, 0.1) is 0 Å². The molecular weight excluding hydrogens is 595 g/mol. The van der Waals surface area contributed by atoms with Gasteiger partial charge in [0.15, 0.2) is 0 Å². The van der Waals surface area contributed by atoms with Gasteiger partial charge in [-0.25, -0.2) is 0 Å². The van der Waals surface area contributed by atoms with E-state index in [1.54, 1.807) is 0 Å². The van der Waals surface area contributed by atoms with E-state index in [0.29, 0.717) is 0 Å². The SMILES string of the molecule is O=P([O-])([O-])[O-].O=P([O-])([O-])[O-].O=P([O-])([O-])[O-].O=P([O-])([O-])[O-].O=P([O-])([O-])[O-].[Ca+2].[Ca+2].[Ca+2].[H+].[H+].[H+].[H+].[H+].[H+].[H+].[H+].[H+].